The predicted octanol–water partition coefficient (Wildman–Crippen LogP) is 5.05. The van der Waals surface area contributed by atoms with Crippen LogP contribution in [0.25, 0.3) is 0 Å². The Morgan fingerprint density at radius 1 is 1.06 bits per heavy atom. The van der Waals surface area contributed by atoms with Gasteiger partial charge in [-0.25, -0.2) is 0 Å². The number of anilines is 1. The van der Waals surface area contributed by atoms with Crippen molar-refractivity contribution < 1.29 is 9.53 Å². The van der Waals surface area contributed by atoms with Crippen LogP contribution < -0.4 is 10.6 Å². The number of aliphatic imine (C=N–C) groups is 1. The van der Waals surface area contributed by atoms with Crippen molar-refractivity contribution in [2.24, 2.45) is 16.8 Å². The molecule has 2 fully saturated rings. The number of ether oxygens (including phenoxy) is 1. The minimum atomic E-state index is 0. The van der Waals surface area contributed by atoms with Crippen molar-refractivity contribution in [1.82, 2.24) is 10.2 Å². The molecule has 1 saturated carbocycles. The molecule has 6 nitrogen and oxygen atoms in total. The van der Waals surface area contributed by atoms with E-state index in [9.17, 15) is 4.79 Å². The van der Waals surface area contributed by atoms with Gasteiger partial charge in [-0.15, -0.1) is 24.0 Å². The lowest BCUT2D eigenvalue weighted by atomic mass is 10.1. The van der Waals surface area contributed by atoms with E-state index in [1.54, 1.807) is 0 Å². The molecular weight excluding hydrogens is 539 g/mol. The number of amides is 1. The van der Waals surface area contributed by atoms with Crippen LogP contribution in [0.4, 0.5) is 5.69 Å². The highest BCUT2D eigenvalue weighted by atomic mass is 127. The van der Waals surface area contributed by atoms with Crippen molar-refractivity contribution in [2.75, 3.05) is 32.1 Å². The van der Waals surface area contributed by atoms with Crippen LogP contribution >= 0.6 is 24.0 Å². The number of halogens is 1. The number of guanidine groups is 1. The molecule has 0 bridgehead atoms. The first kappa shape index (κ1) is 26.5. The monoisotopic (exact) mass is 576 g/mol. The Bertz CT molecular complexity index is 931. The molecule has 0 radical (unpaired) electrons. The fraction of sp³-hybridized carbons (Fsp3) is 0.481. The third-order valence-electron chi connectivity index (χ3n) is 6.63. The van der Waals surface area contributed by atoms with E-state index in [1.807, 2.05) is 37.4 Å². The number of carbonyl (C=O) groups is 1. The van der Waals surface area contributed by atoms with Gasteiger partial charge in [0.2, 0.25) is 5.91 Å². The van der Waals surface area contributed by atoms with Crippen molar-refractivity contribution >= 4 is 41.5 Å². The summed E-state index contributed by atoms with van der Waals surface area (Å²) in [5.41, 5.74) is 3.21. The maximum atomic E-state index is 12.4. The summed E-state index contributed by atoms with van der Waals surface area (Å²) in [6.45, 7) is 4.04. The Morgan fingerprint density at radius 3 is 2.59 bits per heavy atom. The first-order valence-corrected chi connectivity index (χ1v) is 12.2. The van der Waals surface area contributed by atoms with Crippen LogP contribution in [-0.4, -0.2) is 43.5 Å². The van der Waals surface area contributed by atoms with Crippen LogP contribution in [0.2, 0.25) is 0 Å². The van der Waals surface area contributed by atoms with E-state index < -0.39 is 0 Å². The van der Waals surface area contributed by atoms with Crippen LogP contribution in [0.15, 0.2) is 59.6 Å². The van der Waals surface area contributed by atoms with Gasteiger partial charge < -0.3 is 20.3 Å². The van der Waals surface area contributed by atoms with E-state index in [0.29, 0.717) is 19.1 Å². The largest absolute Gasteiger partial charge is 0.376 e. The molecule has 0 aromatic heterocycles. The van der Waals surface area contributed by atoms with E-state index in [1.165, 1.54) is 5.56 Å². The summed E-state index contributed by atoms with van der Waals surface area (Å²) in [7, 11) is 1.83. The van der Waals surface area contributed by atoms with Gasteiger partial charge in [-0.3, -0.25) is 9.79 Å². The van der Waals surface area contributed by atoms with E-state index in [4.69, 9.17) is 4.74 Å². The average molecular weight is 577 g/mol. The molecule has 2 N–H and O–H groups in total. The third kappa shape index (κ3) is 7.70. The lowest BCUT2D eigenvalue weighted by Crippen LogP contribution is -2.39. The summed E-state index contributed by atoms with van der Waals surface area (Å²) in [5, 5.41) is 6.59. The molecule has 2 aliphatic rings. The molecule has 4 rings (SSSR count). The first-order chi connectivity index (χ1) is 16.2. The van der Waals surface area contributed by atoms with Crippen LogP contribution in [0.3, 0.4) is 0 Å². The van der Waals surface area contributed by atoms with Crippen LogP contribution in [0, 0.1) is 11.8 Å². The second-order valence-corrected chi connectivity index (χ2v) is 9.17. The summed E-state index contributed by atoms with van der Waals surface area (Å²) in [4.78, 5) is 19.2. The molecule has 34 heavy (non-hydrogen) atoms. The van der Waals surface area contributed by atoms with Crippen molar-refractivity contribution in [3.05, 3.63) is 65.7 Å². The van der Waals surface area contributed by atoms with Crippen LogP contribution in [-0.2, 0) is 22.7 Å². The average Bonchev–Trinajstić information content (AvgIpc) is 3.54. The minimum absolute atomic E-state index is 0. The molecule has 1 aliphatic carbocycles. The molecule has 1 unspecified atom stereocenters. The van der Waals surface area contributed by atoms with Gasteiger partial charge in [0.05, 0.1) is 13.2 Å². The van der Waals surface area contributed by atoms with Gasteiger partial charge in [0.25, 0.3) is 0 Å². The number of carbonyl (C=O) groups excluding carboxylic acids is 1. The normalized spacial score (nSPS) is 18.6. The molecule has 184 valence electrons. The predicted molar refractivity (Wildman–Crippen MR) is 148 cm³/mol. The molecule has 7 heteroatoms. The van der Waals surface area contributed by atoms with E-state index >= 15 is 0 Å². The topological polar surface area (TPSA) is 66.0 Å². The summed E-state index contributed by atoms with van der Waals surface area (Å²) in [6, 6.07) is 18.4. The molecule has 2 aromatic carbocycles. The van der Waals surface area contributed by atoms with Gasteiger partial charge >= 0.3 is 0 Å². The Morgan fingerprint density at radius 2 is 1.82 bits per heavy atom. The minimum Gasteiger partial charge on any atom is -0.376 e. The molecule has 1 heterocycles. The lowest BCUT2D eigenvalue weighted by molar-refractivity contribution is -0.119. The summed E-state index contributed by atoms with van der Waals surface area (Å²) >= 11 is 0. The Labute approximate surface area is 220 Å². The van der Waals surface area contributed by atoms with Crippen molar-refractivity contribution in [2.45, 2.75) is 45.3 Å². The van der Waals surface area contributed by atoms with Gasteiger partial charge in [0.1, 0.15) is 0 Å². The zero-order valence-electron chi connectivity index (χ0n) is 20.0. The number of hydrogen-bond acceptors (Lipinski definition) is 3. The highest BCUT2D eigenvalue weighted by molar-refractivity contribution is 14.0. The molecule has 2 aromatic rings. The van der Waals surface area contributed by atoms with Gasteiger partial charge in [0, 0.05) is 44.2 Å². The van der Waals surface area contributed by atoms with E-state index in [2.05, 4.69) is 44.8 Å². The van der Waals surface area contributed by atoms with Crippen LogP contribution in [0.5, 0.6) is 0 Å². The lowest BCUT2D eigenvalue weighted by Gasteiger charge is -2.22. The third-order valence-corrected chi connectivity index (χ3v) is 6.63. The van der Waals surface area contributed by atoms with Crippen molar-refractivity contribution in [3.63, 3.8) is 0 Å². The quantitative estimate of drug-likeness (QED) is 0.263. The molecule has 1 amide bonds. The zero-order chi connectivity index (χ0) is 22.9. The Balaban J connectivity index is 0.00000324. The standard InChI is InChI=1S/C27H36N4O2.HI/c1-28-27(31-15-14-23(18-31)20-33-19-21-8-3-2-4-9-21)29-17-22-10-7-13-25(16-22)30-26(32)24-11-5-6-12-24;/h2-4,7-10,13,16,23-24H,5-6,11-12,14-15,17-20H2,1H3,(H,28,29)(H,30,32);1H. The Hall–Kier alpha value is -2.13. The first-order valence-electron chi connectivity index (χ1n) is 12.2. The molecule has 1 atom stereocenters. The highest BCUT2D eigenvalue weighted by Crippen LogP contribution is 2.26. The number of nitrogens with one attached hydrogen (secondary N) is 2. The summed E-state index contributed by atoms with van der Waals surface area (Å²) in [5.74, 6) is 1.76. The fourth-order valence-electron chi connectivity index (χ4n) is 4.78. The van der Waals surface area contributed by atoms with Crippen LogP contribution in [0.1, 0.15) is 43.2 Å². The number of nitrogens with zero attached hydrogens (tertiary/aromatic N) is 2. The summed E-state index contributed by atoms with van der Waals surface area (Å²) in [6.07, 6.45) is 5.46. The maximum Gasteiger partial charge on any atom is 0.227 e. The molecular formula is C27H37IN4O2. The molecule has 0 spiro atoms. The number of benzene rings is 2. The second kappa shape index (κ2) is 13.7. The van der Waals surface area contributed by atoms with Crippen molar-refractivity contribution in [1.29, 1.82) is 0 Å². The summed E-state index contributed by atoms with van der Waals surface area (Å²) < 4.78 is 5.95. The van der Waals surface area contributed by atoms with Gasteiger partial charge in [-0.1, -0.05) is 55.3 Å². The SMILES string of the molecule is CN=C(NCc1cccc(NC(=O)C2CCCC2)c1)N1CCC(COCc2ccccc2)C1.I. The maximum absolute atomic E-state index is 12.4. The fourth-order valence-corrected chi connectivity index (χ4v) is 4.78. The van der Waals surface area contributed by atoms with E-state index in [-0.39, 0.29) is 35.8 Å². The second-order valence-electron chi connectivity index (χ2n) is 9.17. The van der Waals surface area contributed by atoms with Gasteiger partial charge in [-0.2, -0.15) is 0 Å². The highest BCUT2D eigenvalue weighted by Gasteiger charge is 2.25. The van der Waals surface area contributed by atoms with Gasteiger partial charge in [0.15, 0.2) is 5.96 Å². The van der Waals surface area contributed by atoms with E-state index in [0.717, 1.165) is 69.0 Å². The van der Waals surface area contributed by atoms with Crippen molar-refractivity contribution in [3.8, 4) is 0 Å². The molecule has 1 saturated heterocycles. The Kier molecular flexibility index (Phi) is 10.7. The molecule has 1 aliphatic heterocycles. The van der Waals surface area contributed by atoms with Gasteiger partial charge in [-0.05, 0) is 42.5 Å². The number of rotatable bonds is 8. The number of hydrogen-bond donors (Lipinski definition) is 2. The smallest absolute Gasteiger partial charge is 0.227 e. The zero-order valence-corrected chi connectivity index (χ0v) is 22.4. The number of likely N-dealkylation sites (tertiary alicyclic amines) is 1.